The van der Waals surface area contributed by atoms with Gasteiger partial charge in [0.15, 0.2) is 0 Å². The number of hydrogen-bond acceptors (Lipinski definition) is 2. The number of halogens is 2. The predicted molar refractivity (Wildman–Crippen MR) is 90.9 cm³/mol. The van der Waals surface area contributed by atoms with Gasteiger partial charge in [0.1, 0.15) is 0 Å². The number of pyridine rings is 1. The summed E-state index contributed by atoms with van der Waals surface area (Å²) >= 11 is 9.64. The molecule has 21 heavy (non-hydrogen) atoms. The highest BCUT2D eigenvalue weighted by atomic mass is 79.9. The van der Waals surface area contributed by atoms with Crippen LogP contribution in [0.1, 0.15) is 29.9 Å². The van der Waals surface area contributed by atoms with Gasteiger partial charge in [-0.15, -0.1) is 0 Å². The van der Waals surface area contributed by atoms with Crippen LogP contribution in [0.2, 0.25) is 5.02 Å². The van der Waals surface area contributed by atoms with E-state index in [0.717, 1.165) is 22.5 Å². The predicted octanol–water partition coefficient (Wildman–Crippen LogP) is 4.58. The molecule has 1 heterocycles. The zero-order chi connectivity index (χ0) is 14.7. The van der Waals surface area contributed by atoms with E-state index >= 15 is 0 Å². The van der Waals surface area contributed by atoms with Crippen molar-refractivity contribution in [1.82, 2.24) is 10.3 Å². The van der Waals surface area contributed by atoms with E-state index in [0.29, 0.717) is 12.0 Å². The summed E-state index contributed by atoms with van der Waals surface area (Å²) in [6.45, 7) is 0.984. The maximum atomic E-state index is 6.15. The Morgan fingerprint density at radius 3 is 2.86 bits per heavy atom. The molecule has 1 fully saturated rings. The summed E-state index contributed by atoms with van der Waals surface area (Å²) in [5.74, 6) is 0.417. The fourth-order valence-electron chi connectivity index (χ4n) is 2.52. The summed E-state index contributed by atoms with van der Waals surface area (Å²) < 4.78 is 1.03. The third-order valence-electron chi connectivity index (χ3n) is 3.79. The summed E-state index contributed by atoms with van der Waals surface area (Å²) in [4.78, 5) is 4.26. The van der Waals surface area contributed by atoms with Crippen molar-refractivity contribution < 1.29 is 0 Å². The second kappa shape index (κ2) is 6.91. The van der Waals surface area contributed by atoms with E-state index in [9.17, 15) is 0 Å². The Kier molecular flexibility index (Phi) is 4.94. The van der Waals surface area contributed by atoms with E-state index in [1.165, 1.54) is 24.0 Å². The molecule has 1 aromatic carbocycles. The van der Waals surface area contributed by atoms with E-state index in [2.05, 4.69) is 44.4 Å². The molecule has 1 N–H and O–H groups in total. The van der Waals surface area contributed by atoms with Gasteiger partial charge >= 0.3 is 0 Å². The highest BCUT2D eigenvalue weighted by Gasteiger charge is 2.22. The van der Waals surface area contributed by atoms with Crippen molar-refractivity contribution >= 4 is 27.5 Å². The number of benzene rings is 1. The van der Waals surface area contributed by atoms with E-state index in [1.54, 1.807) is 0 Å². The summed E-state index contributed by atoms with van der Waals surface area (Å²) in [6.07, 6.45) is 7.34. The lowest BCUT2D eigenvalue weighted by Gasteiger charge is -2.18. The second-order valence-corrected chi connectivity index (χ2v) is 7.00. The molecule has 0 aliphatic heterocycles. The fourth-order valence-corrected chi connectivity index (χ4v) is 3.13. The first kappa shape index (κ1) is 15.0. The summed E-state index contributed by atoms with van der Waals surface area (Å²) in [6, 6.07) is 11.1. The average Bonchev–Trinajstić information content (AvgIpc) is 3.27. The first-order valence-electron chi connectivity index (χ1n) is 7.29. The van der Waals surface area contributed by atoms with Gasteiger partial charge in [-0.05, 0) is 64.5 Å². The van der Waals surface area contributed by atoms with Crippen LogP contribution in [0, 0.1) is 0 Å². The van der Waals surface area contributed by atoms with Gasteiger partial charge in [-0.3, -0.25) is 4.98 Å². The molecule has 0 bridgehead atoms. The Labute approximate surface area is 139 Å². The van der Waals surface area contributed by atoms with Crippen molar-refractivity contribution in [3.63, 3.8) is 0 Å². The zero-order valence-electron chi connectivity index (χ0n) is 11.7. The van der Waals surface area contributed by atoms with Gasteiger partial charge in [-0.2, -0.15) is 0 Å². The van der Waals surface area contributed by atoms with Crippen molar-refractivity contribution in [3.8, 4) is 0 Å². The highest BCUT2D eigenvalue weighted by molar-refractivity contribution is 9.10. The van der Waals surface area contributed by atoms with Crippen LogP contribution in [0.3, 0.4) is 0 Å². The average molecular weight is 366 g/mol. The van der Waals surface area contributed by atoms with E-state index < -0.39 is 0 Å². The van der Waals surface area contributed by atoms with Gasteiger partial charge < -0.3 is 5.32 Å². The molecule has 4 heteroatoms. The van der Waals surface area contributed by atoms with Crippen LogP contribution in [-0.2, 0) is 6.42 Å². The Morgan fingerprint density at radius 2 is 2.14 bits per heavy atom. The molecule has 0 saturated heterocycles. The van der Waals surface area contributed by atoms with Crippen LogP contribution in [0.15, 0.2) is 47.2 Å². The van der Waals surface area contributed by atoms with E-state index in [-0.39, 0.29) is 0 Å². The number of rotatable bonds is 6. The highest BCUT2D eigenvalue weighted by Crippen LogP contribution is 2.26. The molecule has 0 spiro atoms. The Hall–Kier alpha value is -0.900. The van der Waals surface area contributed by atoms with E-state index in [4.69, 9.17) is 11.6 Å². The standard InChI is InChI=1S/C17H18BrClN2/c18-15-7-12(9-20-11-15)6-14(10-21-17-4-5-17)13-2-1-3-16(19)8-13/h1-3,7-9,11,14,17,21H,4-6,10H2. The number of hydrogen-bond donors (Lipinski definition) is 1. The largest absolute Gasteiger partial charge is 0.313 e. The minimum absolute atomic E-state index is 0.417. The van der Waals surface area contributed by atoms with Gasteiger partial charge in [0.2, 0.25) is 0 Å². The number of nitrogens with zero attached hydrogens (tertiary/aromatic N) is 1. The molecule has 1 aliphatic rings. The van der Waals surface area contributed by atoms with Gasteiger partial charge in [0.05, 0.1) is 0 Å². The van der Waals surface area contributed by atoms with Crippen molar-refractivity contribution in [1.29, 1.82) is 0 Å². The van der Waals surface area contributed by atoms with Crippen LogP contribution < -0.4 is 5.32 Å². The molecular weight excluding hydrogens is 348 g/mol. The van der Waals surface area contributed by atoms with Crippen molar-refractivity contribution in [3.05, 3.63) is 63.3 Å². The third-order valence-corrected chi connectivity index (χ3v) is 4.46. The number of nitrogens with one attached hydrogen (secondary N) is 1. The molecule has 2 nitrogen and oxygen atoms in total. The molecule has 1 atom stereocenters. The minimum atomic E-state index is 0.417. The van der Waals surface area contributed by atoms with Crippen LogP contribution in [0.25, 0.3) is 0 Å². The normalized spacial score (nSPS) is 15.9. The van der Waals surface area contributed by atoms with Crippen LogP contribution in [0.4, 0.5) is 0 Å². The Balaban J connectivity index is 1.77. The van der Waals surface area contributed by atoms with Gasteiger partial charge in [-0.1, -0.05) is 23.7 Å². The first-order chi connectivity index (χ1) is 10.2. The smallest absolute Gasteiger partial charge is 0.0410 e. The summed E-state index contributed by atoms with van der Waals surface area (Å²) in [5.41, 5.74) is 2.53. The van der Waals surface area contributed by atoms with Crippen molar-refractivity contribution in [2.45, 2.75) is 31.2 Å². The van der Waals surface area contributed by atoms with Crippen LogP contribution in [-0.4, -0.2) is 17.6 Å². The minimum Gasteiger partial charge on any atom is -0.313 e. The SMILES string of the molecule is Clc1cccc(C(CNC2CC2)Cc2cncc(Br)c2)c1. The second-order valence-electron chi connectivity index (χ2n) is 5.65. The molecule has 110 valence electrons. The lowest BCUT2D eigenvalue weighted by molar-refractivity contribution is 0.576. The van der Waals surface area contributed by atoms with Gasteiger partial charge in [0.25, 0.3) is 0 Å². The Morgan fingerprint density at radius 1 is 1.29 bits per heavy atom. The maximum absolute atomic E-state index is 6.15. The van der Waals surface area contributed by atoms with Crippen LogP contribution >= 0.6 is 27.5 Å². The summed E-state index contributed by atoms with van der Waals surface area (Å²) in [7, 11) is 0. The monoisotopic (exact) mass is 364 g/mol. The first-order valence-corrected chi connectivity index (χ1v) is 8.46. The van der Waals surface area contributed by atoms with Crippen molar-refractivity contribution in [2.24, 2.45) is 0 Å². The molecule has 0 radical (unpaired) electrons. The maximum Gasteiger partial charge on any atom is 0.0410 e. The lowest BCUT2D eigenvalue weighted by atomic mass is 9.92. The number of aromatic nitrogens is 1. The molecule has 1 saturated carbocycles. The lowest BCUT2D eigenvalue weighted by Crippen LogP contribution is -2.24. The Bertz CT molecular complexity index is 613. The third kappa shape index (κ3) is 4.53. The van der Waals surface area contributed by atoms with Crippen molar-refractivity contribution in [2.75, 3.05) is 6.54 Å². The zero-order valence-corrected chi connectivity index (χ0v) is 14.1. The molecule has 1 aliphatic carbocycles. The van der Waals surface area contributed by atoms with Gasteiger partial charge in [-0.25, -0.2) is 0 Å². The molecule has 0 amide bonds. The van der Waals surface area contributed by atoms with Gasteiger partial charge in [0, 0.05) is 40.4 Å². The molecule has 1 aromatic heterocycles. The molecule has 3 rings (SSSR count). The fraction of sp³-hybridized carbons (Fsp3) is 0.353. The molecule has 2 aromatic rings. The van der Waals surface area contributed by atoms with Crippen LogP contribution in [0.5, 0.6) is 0 Å². The quantitative estimate of drug-likeness (QED) is 0.810. The van der Waals surface area contributed by atoms with E-state index in [1.807, 2.05) is 24.5 Å². The summed E-state index contributed by atoms with van der Waals surface area (Å²) in [5, 5.41) is 4.44. The molecule has 1 unspecified atom stereocenters. The molecular formula is C17H18BrClN2. The topological polar surface area (TPSA) is 24.9 Å².